The quantitative estimate of drug-likeness (QED) is 0.594. The second-order valence-electron chi connectivity index (χ2n) is 6.30. The number of nitrogens with one attached hydrogen (secondary N) is 1. The largest absolute Gasteiger partial charge is 0.450 e. The van der Waals surface area contributed by atoms with Crippen molar-refractivity contribution >= 4 is 27.3 Å². The molecule has 1 aliphatic heterocycles. The van der Waals surface area contributed by atoms with Crippen LogP contribution in [0, 0.1) is 10.1 Å². The second-order valence-corrected chi connectivity index (χ2v) is 8.68. The van der Waals surface area contributed by atoms with Gasteiger partial charge in [0.2, 0.25) is 15.8 Å². The van der Waals surface area contributed by atoms with E-state index >= 15 is 0 Å². The van der Waals surface area contributed by atoms with Gasteiger partial charge in [0.1, 0.15) is 5.75 Å². The van der Waals surface area contributed by atoms with Crippen molar-refractivity contribution < 1.29 is 23.0 Å². The van der Waals surface area contributed by atoms with Gasteiger partial charge in [-0.2, -0.15) is 4.31 Å². The fraction of sp³-hybridized carbons (Fsp3) is 0.294. The fourth-order valence-corrected chi connectivity index (χ4v) is 4.36. The Morgan fingerprint density at radius 2 is 1.78 bits per heavy atom. The monoisotopic (exact) mass is 412 g/mol. The van der Waals surface area contributed by atoms with Crippen LogP contribution in [0.25, 0.3) is 0 Å². The van der Waals surface area contributed by atoms with Gasteiger partial charge in [0, 0.05) is 11.1 Å². The lowest BCUT2D eigenvalue weighted by Crippen LogP contribution is -3.12. The molecule has 0 saturated carbocycles. The molecule has 0 spiro atoms. The van der Waals surface area contributed by atoms with Crippen LogP contribution in [0.4, 0.5) is 5.69 Å². The zero-order valence-electron chi connectivity index (χ0n) is 14.6. The topological polar surface area (TPSA) is 94.2 Å². The third-order valence-corrected chi connectivity index (χ3v) is 6.53. The first-order chi connectivity index (χ1) is 12.8. The van der Waals surface area contributed by atoms with Crippen LogP contribution in [-0.4, -0.2) is 50.9 Å². The summed E-state index contributed by atoms with van der Waals surface area (Å²) in [5.41, 5.74) is -0.411. The number of nitrogens with zero attached hydrogens (tertiary/aromatic N) is 2. The van der Waals surface area contributed by atoms with Crippen molar-refractivity contribution in [3.8, 4) is 11.5 Å². The maximum Gasteiger partial charge on any atom is 0.312 e. The van der Waals surface area contributed by atoms with Gasteiger partial charge in [-0.1, -0.05) is 11.6 Å². The SMILES string of the molecule is C[NH+]1CCN(S(=O)(=O)c2ccc(Oc3ccc(Cl)cc3)c([N+](=O)[O-])c2)CC1. The van der Waals surface area contributed by atoms with Crippen LogP contribution in [0.2, 0.25) is 5.02 Å². The Morgan fingerprint density at radius 1 is 1.15 bits per heavy atom. The van der Waals surface area contributed by atoms with Gasteiger partial charge in [0.05, 0.1) is 43.0 Å². The smallest absolute Gasteiger partial charge is 0.312 e. The highest BCUT2D eigenvalue weighted by Gasteiger charge is 2.31. The molecule has 1 saturated heterocycles. The number of sulfonamides is 1. The number of hydrogen-bond acceptors (Lipinski definition) is 5. The van der Waals surface area contributed by atoms with Gasteiger partial charge in [-0.3, -0.25) is 10.1 Å². The summed E-state index contributed by atoms with van der Waals surface area (Å²) in [7, 11) is -1.80. The molecule has 3 rings (SSSR count). The van der Waals surface area contributed by atoms with Gasteiger partial charge in [0.15, 0.2) is 0 Å². The minimum atomic E-state index is -3.79. The van der Waals surface area contributed by atoms with Crippen molar-refractivity contribution in [2.45, 2.75) is 4.90 Å². The van der Waals surface area contributed by atoms with Crippen molar-refractivity contribution in [1.29, 1.82) is 0 Å². The first-order valence-corrected chi connectivity index (χ1v) is 10.1. The Morgan fingerprint density at radius 3 is 2.37 bits per heavy atom. The minimum absolute atomic E-state index is 0.0379. The van der Waals surface area contributed by atoms with E-state index in [-0.39, 0.29) is 10.6 Å². The van der Waals surface area contributed by atoms with Crippen molar-refractivity contribution in [3.05, 3.63) is 57.6 Å². The average molecular weight is 413 g/mol. The predicted octanol–water partition coefficient (Wildman–Crippen LogP) is 1.56. The van der Waals surface area contributed by atoms with Gasteiger partial charge in [-0.05, 0) is 36.4 Å². The van der Waals surface area contributed by atoms with Crippen molar-refractivity contribution in [2.75, 3.05) is 33.2 Å². The third-order valence-electron chi connectivity index (χ3n) is 4.38. The number of halogens is 1. The van der Waals surface area contributed by atoms with Crippen LogP contribution in [0.5, 0.6) is 11.5 Å². The molecule has 8 nitrogen and oxygen atoms in total. The highest BCUT2D eigenvalue weighted by molar-refractivity contribution is 7.89. The summed E-state index contributed by atoms with van der Waals surface area (Å²) in [4.78, 5) is 11.9. The molecular weight excluding hydrogens is 394 g/mol. The van der Waals surface area contributed by atoms with E-state index in [2.05, 4.69) is 0 Å². The summed E-state index contributed by atoms with van der Waals surface area (Å²) in [5, 5.41) is 12.0. The molecule has 10 heteroatoms. The molecule has 0 aromatic heterocycles. The van der Waals surface area contributed by atoms with Gasteiger partial charge in [-0.15, -0.1) is 0 Å². The minimum Gasteiger partial charge on any atom is -0.450 e. The van der Waals surface area contributed by atoms with Crippen LogP contribution >= 0.6 is 11.6 Å². The molecule has 0 aliphatic carbocycles. The van der Waals surface area contributed by atoms with Crippen LogP contribution in [0.3, 0.4) is 0 Å². The summed E-state index contributed by atoms with van der Waals surface area (Å²) in [5.74, 6) is 0.323. The summed E-state index contributed by atoms with van der Waals surface area (Å²) in [6, 6.07) is 10.0. The zero-order chi connectivity index (χ0) is 19.6. The van der Waals surface area contributed by atoms with Crippen molar-refractivity contribution in [3.63, 3.8) is 0 Å². The Kier molecular flexibility index (Phi) is 5.66. The predicted molar refractivity (Wildman–Crippen MR) is 100 cm³/mol. The van der Waals surface area contributed by atoms with E-state index < -0.39 is 20.6 Å². The summed E-state index contributed by atoms with van der Waals surface area (Å²) < 4.78 is 32.5. The number of nitro benzene ring substituents is 1. The molecule has 0 amide bonds. The van der Waals surface area contributed by atoms with Gasteiger partial charge in [-0.25, -0.2) is 8.42 Å². The highest BCUT2D eigenvalue weighted by Crippen LogP contribution is 2.34. The first-order valence-electron chi connectivity index (χ1n) is 8.30. The molecule has 27 heavy (non-hydrogen) atoms. The second kappa shape index (κ2) is 7.81. The lowest BCUT2D eigenvalue weighted by Gasteiger charge is -2.29. The van der Waals surface area contributed by atoms with E-state index in [1.165, 1.54) is 21.3 Å². The maximum absolute atomic E-state index is 12.8. The maximum atomic E-state index is 12.8. The number of rotatable bonds is 5. The molecule has 2 aromatic rings. The Hall–Kier alpha value is -2.20. The Bertz CT molecular complexity index is 942. The summed E-state index contributed by atoms with van der Waals surface area (Å²) in [6.07, 6.45) is 0. The molecule has 0 radical (unpaired) electrons. The number of nitro groups is 1. The number of likely N-dealkylation sites (N-methyl/N-ethyl adjacent to an activating group) is 1. The van der Waals surface area contributed by atoms with E-state index in [0.29, 0.717) is 37.0 Å². The molecule has 0 bridgehead atoms. The van der Waals surface area contributed by atoms with E-state index in [1.54, 1.807) is 24.3 Å². The van der Waals surface area contributed by atoms with Gasteiger partial charge < -0.3 is 9.64 Å². The van der Waals surface area contributed by atoms with E-state index in [1.807, 2.05) is 7.05 Å². The van der Waals surface area contributed by atoms with Crippen molar-refractivity contribution in [2.24, 2.45) is 0 Å². The zero-order valence-corrected chi connectivity index (χ0v) is 16.2. The fourth-order valence-electron chi connectivity index (χ4n) is 2.77. The lowest BCUT2D eigenvalue weighted by atomic mass is 10.3. The molecule has 1 heterocycles. The normalized spacial score (nSPS) is 16.2. The number of benzene rings is 2. The highest BCUT2D eigenvalue weighted by atomic mass is 35.5. The molecule has 144 valence electrons. The average Bonchev–Trinajstić information content (AvgIpc) is 2.64. The molecule has 1 fully saturated rings. The van der Waals surface area contributed by atoms with Gasteiger partial charge >= 0.3 is 5.69 Å². The van der Waals surface area contributed by atoms with Gasteiger partial charge in [0.25, 0.3) is 0 Å². The molecule has 0 atom stereocenters. The molecule has 0 unspecified atom stereocenters. The Balaban J connectivity index is 1.91. The van der Waals surface area contributed by atoms with Crippen LogP contribution in [-0.2, 0) is 10.0 Å². The first kappa shape index (κ1) is 19.6. The van der Waals surface area contributed by atoms with Crippen LogP contribution in [0.1, 0.15) is 0 Å². The third kappa shape index (κ3) is 4.38. The standard InChI is InChI=1S/C17H18ClN3O5S/c1-19-8-10-20(11-9-19)27(24,25)15-6-7-17(16(12-15)21(22)23)26-14-4-2-13(18)3-5-14/h2-7,12H,8-11H2,1H3/p+1. The molecule has 2 aromatic carbocycles. The Labute approximate surface area is 162 Å². The number of hydrogen-bond donors (Lipinski definition) is 1. The van der Waals surface area contributed by atoms with E-state index in [9.17, 15) is 18.5 Å². The number of ether oxygens (including phenoxy) is 1. The molecule has 1 N–H and O–H groups in total. The van der Waals surface area contributed by atoms with E-state index in [0.717, 1.165) is 6.07 Å². The lowest BCUT2D eigenvalue weighted by molar-refractivity contribution is -0.883. The van der Waals surface area contributed by atoms with Crippen LogP contribution < -0.4 is 9.64 Å². The van der Waals surface area contributed by atoms with Crippen LogP contribution in [0.15, 0.2) is 47.4 Å². The summed E-state index contributed by atoms with van der Waals surface area (Å²) in [6.45, 7) is 2.15. The number of quaternary nitrogens is 1. The molecular formula is C17H19ClN3O5S+. The molecule has 1 aliphatic rings. The number of piperazine rings is 1. The van der Waals surface area contributed by atoms with E-state index in [4.69, 9.17) is 16.3 Å². The van der Waals surface area contributed by atoms with Crippen molar-refractivity contribution in [1.82, 2.24) is 4.31 Å². The summed E-state index contributed by atoms with van der Waals surface area (Å²) >= 11 is 5.81.